The predicted molar refractivity (Wildman–Crippen MR) is 83.6 cm³/mol. The Morgan fingerprint density at radius 3 is 2.47 bits per heavy atom. The third kappa shape index (κ3) is 2.88. The fraction of sp³-hybridized carbons (Fsp3) is 0.438. The Bertz CT molecular complexity index is 591. The molecule has 0 aliphatic heterocycles. The highest BCUT2D eigenvalue weighted by Crippen LogP contribution is 2.33. The van der Waals surface area contributed by atoms with Crippen LogP contribution in [0.4, 0.5) is 0 Å². The van der Waals surface area contributed by atoms with Crippen LogP contribution in [-0.4, -0.2) is 4.98 Å². The summed E-state index contributed by atoms with van der Waals surface area (Å²) in [5.74, 6) is 0. The number of aryl methyl sites for hydroxylation is 2. The quantitative estimate of drug-likeness (QED) is 0.892. The van der Waals surface area contributed by atoms with Crippen LogP contribution >= 0.6 is 11.3 Å². The lowest BCUT2D eigenvalue weighted by Gasteiger charge is -2.20. The third-order valence-electron chi connectivity index (χ3n) is 3.35. The number of hydrogen-bond donors (Lipinski definition) is 1. The van der Waals surface area contributed by atoms with Crippen LogP contribution in [0.3, 0.4) is 0 Å². The predicted octanol–water partition coefficient (Wildman–Crippen LogP) is 4.18. The summed E-state index contributed by atoms with van der Waals surface area (Å²) >= 11 is 1.70. The molecule has 0 bridgehead atoms. The molecule has 19 heavy (non-hydrogen) atoms. The number of nitrogens with two attached hydrogens (primary N) is 1. The molecule has 0 amide bonds. The molecule has 0 radical (unpaired) electrons. The molecule has 0 saturated carbocycles. The van der Waals surface area contributed by atoms with Crippen LogP contribution in [0.2, 0.25) is 0 Å². The minimum Gasteiger partial charge on any atom is -0.326 e. The Morgan fingerprint density at radius 2 is 1.89 bits per heavy atom. The molecule has 2 N–H and O–H groups in total. The molecule has 2 rings (SSSR count). The minimum atomic E-state index is 0.149. The van der Waals surface area contributed by atoms with Gasteiger partial charge in [0.25, 0.3) is 0 Å². The number of benzene rings is 1. The first-order valence-corrected chi connectivity index (χ1v) is 7.42. The number of rotatable bonds is 2. The number of nitrogens with zero attached hydrogens (tertiary/aromatic N) is 1. The number of hydrogen-bond acceptors (Lipinski definition) is 3. The van der Waals surface area contributed by atoms with Gasteiger partial charge < -0.3 is 5.73 Å². The van der Waals surface area contributed by atoms with Crippen molar-refractivity contribution in [1.29, 1.82) is 0 Å². The van der Waals surface area contributed by atoms with E-state index >= 15 is 0 Å². The highest BCUT2D eigenvalue weighted by atomic mass is 32.1. The first-order valence-electron chi connectivity index (χ1n) is 6.61. The van der Waals surface area contributed by atoms with Gasteiger partial charge in [-0.3, -0.25) is 0 Å². The molecule has 1 aromatic heterocycles. The molecule has 102 valence electrons. The van der Waals surface area contributed by atoms with Crippen molar-refractivity contribution >= 4 is 11.3 Å². The summed E-state index contributed by atoms with van der Waals surface area (Å²) in [4.78, 5) is 5.85. The average Bonchev–Trinajstić information content (AvgIpc) is 2.69. The SMILES string of the molecule is Cc1nc(-c2cc(C(C)(C)C)ccc2C)c(CN)s1. The fourth-order valence-electron chi connectivity index (χ4n) is 2.16. The maximum atomic E-state index is 5.85. The van der Waals surface area contributed by atoms with Crippen molar-refractivity contribution in [2.45, 2.75) is 46.6 Å². The zero-order valence-electron chi connectivity index (χ0n) is 12.4. The van der Waals surface area contributed by atoms with Crippen molar-refractivity contribution in [3.05, 3.63) is 39.2 Å². The van der Waals surface area contributed by atoms with Crippen molar-refractivity contribution in [3.8, 4) is 11.3 Å². The summed E-state index contributed by atoms with van der Waals surface area (Å²) in [7, 11) is 0. The summed E-state index contributed by atoms with van der Waals surface area (Å²) < 4.78 is 0. The van der Waals surface area contributed by atoms with E-state index in [-0.39, 0.29) is 5.41 Å². The molecule has 3 heteroatoms. The monoisotopic (exact) mass is 274 g/mol. The van der Waals surface area contributed by atoms with Gasteiger partial charge in [0.05, 0.1) is 10.7 Å². The van der Waals surface area contributed by atoms with E-state index in [0.29, 0.717) is 6.54 Å². The number of thiazole rings is 1. The van der Waals surface area contributed by atoms with Gasteiger partial charge in [0, 0.05) is 17.0 Å². The summed E-state index contributed by atoms with van der Waals surface area (Å²) in [5, 5.41) is 1.08. The standard InChI is InChI=1S/C16H22N2S/c1-10-6-7-12(16(3,4)5)8-13(10)15-14(9-17)19-11(2)18-15/h6-8H,9,17H2,1-5H3. The largest absolute Gasteiger partial charge is 0.326 e. The van der Waals surface area contributed by atoms with E-state index in [0.717, 1.165) is 10.7 Å². The summed E-state index contributed by atoms with van der Waals surface area (Å²) in [5.41, 5.74) is 10.9. The van der Waals surface area contributed by atoms with Gasteiger partial charge in [-0.2, -0.15) is 0 Å². The first-order chi connectivity index (χ1) is 8.82. The molecule has 2 nitrogen and oxygen atoms in total. The van der Waals surface area contributed by atoms with Crippen molar-refractivity contribution in [2.24, 2.45) is 5.73 Å². The maximum absolute atomic E-state index is 5.85. The van der Waals surface area contributed by atoms with Gasteiger partial charge in [-0.15, -0.1) is 11.3 Å². The lowest BCUT2D eigenvalue weighted by molar-refractivity contribution is 0.590. The summed E-state index contributed by atoms with van der Waals surface area (Å²) in [6, 6.07) is 6.66. The molecule has 1 aromatic carbocycles. The Labute approximate surface area is 119 Å². The van der Waals surface area contributed by atoms with E-state index in [2.05, 4.69) is 50.9 Å². The smallest absolute Gasteiger partial charge is 0.0905 e. The van der Waals surface area contributed by atoms with E-state index in [1.165, 1.54) is 21.6 Å². The van der Waals surface area contributed by atoms with Gasteiger partial charge in [0.2, 0.25) is 0 Å². The Hall–Kier alpha value is -1.19. The second-order valence-corrected chi connectivity index (χ2v) is 7.28. The Morgan fingerprint density at radius 1 is 1.21 bits per heavy atom. The molecule has 0 atom stereocenters. The van der Waals surface area contributed by atoms with Crippen molar-refractivity contribution in [1.82, 2.24) is 4.98 Å². The van der Waals surface area contributed by atoms with Gasteiger partial charge in [-0.1, -0.05) is 32.9 Å². The fourth-order valence-corrected chi connectivity index (χ4v) is 2.99. The third-order valence-corrected chi connectivity index (χ3v) is 4.34. The molecular formula is C16H22N2S. The van der Waals surface area contributed by atoms with Crippen LogP contribution in [0.1, 0.15) is 41.8 Å². The first kappa shape index (κ1) is 14.2. The maximum Gasteiger partial charge on any atom is 0.0905 e. The van der Waals surface area contributed by atoms with Gasteiger partial charge in [-0.05, 0) is 36.5 Å². The Kier molecular flexibility index (Phi) is 3.79. The Balaban J connectivity index is 2.61. The lowest BCUT2D eigenvalue weighted by atomic mass is 9.85. The molecule has 0 aliphatic carbocycles. The van der Waals surface area contributed by atoms with Crippen LogP contribution in [-0.2, 0) is 12.0 Å². The van der Waals surface area contributed by atoms with E-state index in [9.17, 15) is 0 Å². The van der Waals surface area contributed by atoms with Crippen LogP contribution in [0.15, 0.2) is 18.2 Å². The zero-order valence-corrected chi connectivity index (χ0v) is 13.2. The summed E-state index contributed by atoms with van der Waals surface area (Å²) in [6.45, 7) is 11.4. The second kappa shape index (κ2) is 5.06. The average molecular weight is 274 g/mol. The molecule has 0 spiro atoms. The van der Waals surface area contributed by atoms with Crippen LogP contribution in [0.25, 0.3) is 11.3 Å². The lowest BCUT2D eigenvalue weighted by Crippen LogP contribution is -2.11. The minimum absolute atomic E-state index is 0.149. The topological polar surface area (TPSA) is 38.9 Å². The van der Waals surface area contributed by atoms with Crippen molar-refractivity contribution in [3.63, 3.8) is 0 Å². The molecule has 2 aromatic rings. The molecule has 0 saturated heterocycles. The molecule has 0 fully saturated rings. The molecule has 0 unspecified atom stereocenters. The number of aromatic nitrogens is 1. The molecular weight excluding hydrogens is 252 g/mol. The van der Waals surface area contributed by atoms with E-state index in [1.54, 1.807) is 11.3 Å². The van der Waals surface area contributed by atoms with Crippen LogP contribution < -0.4 is 5.73 Å². The molecule has 0 aliphatic rings. The van der Waals surface area contributed by atoms with Crippen LogP contribution in [0.5, 0.6) is 0 Å². The van der Waals surface area contributed by atoms with Crippen molar-refractivity contribution in [2.75, 3.05) is 0 Å². The van der Waals surface area contributed by atoms with Gasteiger partial charge in [0.1, 0.15) is 0 Å². The summed E-state index contributed by atoms with van der Waals surface area (Å²) in [6.07, 6.45) is 0. The second-order valence-electron chi connectivity index (χ2n) is 5.99. The normalized spacial score (nSPS) is 11.9. The van der Waals surface area contributed by atoms with Crippen LogP contribution in [0, 0.1) is 13.8 Å². The van der Waals surface area contributed by atoms with Crippen molar-refractivity contribution < 1.29 is 0 Å². The van der Waals surface area contributed by atoms with Gasteiger partial charge >= 0.3 is 0 Å². The van der Waals surface area contributed by atoms with Gasteiger partial charge in [0.15, 0.2) is 0 Å². The highest BCUT2D eigenvalue weighted by molar-refractivity contribution is 7.12. The highest BCUT2D eigenvalue weighted by Gasteiger charge is 2.18. The van der Waals surface area contributed by atoms with Gasteiger partial charge in [-0.25, -0.2) is 4.98 Å². The van der Waals surface area contributed by atoms with E-state index in [1.807, 2.05) is 6.92 Å². The van der Waals surface area contributed by atoms with E-state index in [4.69, 9.17) is 5.73 Å². The van der Waals surface area contributed by atoms with E-state index < -0.39 is 0 Å². The zero-order chi connectivity index (χ0) is 14.2. The molecule has 1 heterocycles.